The van der Waals surface area contributed by atoms with E-state index in [1.807, 2.05) is 0 Å². The molecule has 0 aliphatic rings. The second kappa shape index (κ2) is 10.8. The van der Waals surface area contributed by atoms with Crippen molar-refractivity contribution in [1.82, 2.24) is 0 Å². The van der Waals surface area contributed by atoms with Crippen LogP contribution in [0.25, 0.3) is 0 Å². The zero-order valence-corrected chi connectivity index (χ0v) is 19.9. The molecule has 0 aliphatic carbocycles. The van der Waals surface area contributed by atoms with Crippen LogP contribution in [0.1, 0.15) is 24.2 Å². The number of ether oxygens (including phenoxy) is 2. The molecule has 0 saturated carbocycles. The van der Waals surface area contributed by atoms with Crippen molar-refractivity contribution in [2.75, 3.05) is 23.3 Å². The monoisotopic (exact) mass is 482 g/mol. The van der Waals surface area contributed by atoms with Crippen molar-refractivity contribution in [3.63, 3.8) is 0 Å². The van der Waals surface area contributed by atoms with E-state index in [0.29, 0.717) is 17.1 Å². The van der Waals surface area contributed by atoms with Crippen molar-refractivity contribution in [3.05, 3.63) is 84.4 Å². The summed E-state index contributed by atoms with van der Waals surface area (Å²) in [4.78, 5) is 25.1. The van der Waals surface area contributed by atoms with Gasteiger partial charge in [-0.1, -0.05) is 36.4 Å². The molecule has 8 nitrogen and oxygen atoms in total. The van der Waals surface area contributed by atoms with Crippen LogP contribution in [0.3, 0.4) is 0 Å². The van der Waals surface area contributed by atoms with Gasteiger partial charge in [-0.05, 0) is 56.3 Å². The Bertz CT molecular complexity index is 1260. The minimum atomic E-state index is -3.92. The number of nitrogens with one attached hydrogen (secondary N) is 1. The summed E-state index contributed by atoms with van der Waals surface area (Å²) in [6.45, 7) is 3.36. The third-order valence-electron chi connectivity index (χ3n) is 5.01. The van der Waals surface area contributed by atoms with Gasteiger partial charge in [0.1, 0.15) is 5.75 Å². The minimum absolute atomic E-state index is 0.0159. The molecule has 3 aromatic rings. The normalized spacial score (nSPS) is 11.9. The van der Waals surface area contributed by atoms with Gasteiger partial charge in [-0.15, -0.1) is 0 Å². The van der Waals surface area contributed by atoms with Crippen molar-refractivity contribution < 1.29 is 27.5 Å². The molecule has 1 N–H and O–H groups in total. The second-order valence-corrected chi connectivity index (χ2v) is 9.13. The van der Waals surface area contributed by atoms with E-state index in [-0.39, 0.29) is 17.0 Å². The van der Waals surface area contributed by atoms with E-state index in [0.717, 1.165) is 0 Å². The lowest BCUT2D eigenvalue weighted by atomic mass is 10.2. The molecular weight excluding hydrogens is 456 g/mol. The summed E-state index contributed by atoms with van der Waals surface area (Å²) in [5, 5.41) is 2.65. The molecular formula is C25H26N2O6S. The maximum absolute atomic E-state index is 13.2. The summed E-state index contributed by atoms with van der Waals surface area (Å²) in [6.07, 6.45) is -1.13. The topological polar surface area (TPSA) is 102 Å². The van der Waals surface area contributed by atoms with E-state index in [9.17, 15) is 18.0 Å². The molecule has 0 bridgehead atoms. The SMILES string of the molecule is CCN(c1ccccc1)S(=O)(=O)c1cccc(C(=O)O[C@@H](C)C(=O)Nc2ccccc2OC)c1. The van der Waals surface area contributed by atoms with Gasteiger partial charge >= 0.3 is 5.97 Å². The number of rotatable bonds is 9. The zero-order valence-electron chi connectivity index (χ0n) is 19.1. The summed E-state index contributed by atoms with van der Waals surface area (Å²) in [5.74, 6) is -0.906. The van der Waals surface area contributed by atoms with Gasteiger partial charge in [-0.25, -0.2) is 13.2 Å². The standard InChI is InChI=1S/C25H26N2O6S/c1-4-27(20-12-6-5-7-13-20)34(30,31)21-14-10-11-19(17-21)25(29)33-18(2)24(28)26-22-15-8-9-16-23(22)32-3/h5-18H,4H2,1-3H3,(H,26,28)/t18-/m0/s1. The second-order valence-electron chi connectivity index (χ2n) is 7.27. The number of amides is 1. The van der Waals surface area contributed by atoms with Crippen LogP contribution < -0.4 is 14.4 Å². The van der Waals surface area contributed by atoms with Crippen molar-refractivity contribution in [1.29, 1.82) is 0 Å². The van der Waals surface area contributed by atoms with Gasteiger partial charge in [-0.3, -0.25) is 9.10 Å². The van der Waals surface area contributed by atoms with Crippen LogP contribution in [-0.2, 0) is 19.6 Å². The number of nitrogens with zero attached hydrogens (tertiary/aromatic N) is 1. The van der Waals surface area contributed by atoms with E-state index in [2.05, 4.69) is 5.32 Å². The molecule has 1 atom stereocenters. The first-order valence-electron chi connectivity index (χ1n) is 10.6. The lowest BCUT2D eigenvalue weighted by Crippen LogP contribution is -2.31. The van der Waals surface area contributed by atoms with Gasteiger partial charge in [-0.2, -0.15) is 0 Å². The summed E-state index contributed by atoms with van der Waals surface area (Å²) in [5.41, 5.74) is 0.966. The van der Waals surface area contributed by atoms with Gasteiger partial charge in [0.05, 0.1) is 28.9 Å². The highest BCUT2D eigenvalue weighted by Gasteiger charge is 2.26. The average molecular weight is 483 g/mol. The highest BCUT2D eigenvalue weighted by atomic mass is 32.2. The lowest BCUT2D eigenvalue weighted by molar-refractivity contribution is -0.123. The number of hydrogen-bond acceptors (Lipinski definition) is 6. The molecule has 0 saturated heterocycles. The van der Waals surface area contributed by atoms with Crippen molar-refractivity contribution in [2.45, 2.75) is 24.8 Å². The van der Waals surface area contributed by atoms with Gasteiger partial charge < -0.3 is 14.8 Å². The fourth-order valence-corrected chi connectivity index (χ4v) is 4.78. The largest absolute Gasteiger partial charge is 0.495 e. The van der Waals surface area contributed by atoms with Gasteiger partial charge in [0.15, 0.2) is 6.10 Å². The maximum atomic E-state index is 13.2. The van der Waals surface area contributed by atoms with Crippen LogP contribution in [0.5, 0.6) is 5.75 Å². The Balaban J connectivity index is 1.76. The molecule has 1 amide bonds. The van der Waals surface area contributed by atoms with Crippen molar-refractivity contribution >= 4 is 33.3 Å². The predicted molar refractivity (Wildman–Crippen MR) is 130 cm³/mol. The number of benzene rings is 3. The van der Waals surface area contributed by atoms with Crippen molar-refractivity contribution in [2.24, 2.45) is 0 Å². The molecule has 3 aromatic carbocycles. The van der Waals surface area contributed by atoms with E-state index >= 15 is 0 Å². The fourth-order valence-electron chi connectivity index (χ4n) is 3.26. The Morgan fingerprint density at radius 3 is 2.32 bits per heavy atom. The highest BCUT2D eigenvalue weighted by molar-refractivity contribution is 7.92. The quantitative estimate of drug-likeness (QED) is 0.461. The van der Waals surface area contributed by atoms with E-state index in [1.165, 1.54) is 42.6 Å². The van der Waals surface area contributed by atoms with E-state index in [1.54, 1.807) is 61.5 Å². The van der Waals surface area contributed by atoms with E-state index < -0.39 is 28.0 Å². The van der Waals surface area contributed by atoms with Gasteiger partial charge in [0, 0.05) is 6.54 Å². The zero-order chi connectivity index (χ0) is 24.7. The minimum Gasteiger partial charge on any atom is -0.495 e. The Morgan fingerprint density at radius 1 is 0.971 bits per heavy atom. The lowest BCUT2D eigenvalue weighted by Gasteiger charge is -2.23. The van der Waals surface area contributed by atoms with Crippen LogP contribution in [-0.4, -0.2) is 40.1 Å². The van der Waals surface area contributed by atoms with Crippen molar-refractivity contribution in [3.8, 4) is 5.75 Å². The average Bonchev–Trinajstić information content (AvgIpc) is 2.85. The Labute approximate surface area is 199 Å². The molecule has 3 rings (SSSR count). The third kappa shape index (κ3) is 5.55. The third-order valence-corrected chi connectivity index (χ3v) is 6.91. The number of methoxy groups -OCH3 is 1. The van der Waals surface area contributed by atoms with Crippen LogP contribution in [0.15, 0.2) is 83.8 Å². The molecule has 0 aliphatic heterocycles. The molecule has 0 fully saturated rings. The molecule has 0 aromatic heterocycles. The number of hydrogen-bond donors (Lipinski definition) is 1. The van der Waals surface area contributed by atoms with Gasteiger partial charge in [0.25, 0.3) is 15.9 Å². The highest BCUT2D eigenvalue weighted by Crippen LogP contribution is 2.25. The number of carbonyl (C=O) groups is 2. The Hall–Kier alpha value is -3.85. The maximum Gasteiger partial charge on any atom is 0.338 e. The first kappa shape index (κ1) is 24.8. The number of esters is 1. The molecule has 9 heteroatoms. The van der Waals surface area contributed by atoms with Gasteiger partial charge in [0.2, 0.25) is 0 Å². The molecule has 0 radical (unpaired) electrons. The van der Waals surface area contributed by atoms with Crippen LogP contribution in [0.2, 0.25) is 0 Å². The first-order chi connectivity index (χ1) is 16.3. The van der Waals surface area contributed by atoms with Crippen LogP contribution in [0, 0.1) is 0 Å². The summed E-state index contributed by atoms with van der Waals surface area (Å²) >= 11 is 0. The number of sulfonamides is 1. The number of anilines is 2. The summed E-state index contributed by atoms with van der Waals surface area (Å²) in [7, 11) is -2.44. The van der Waals surface area contributed by atoms with Crippen LogP contribution in [0.4, 0.5) is 11.4 Å². The molecule has 0 heterocycles. The first-order valence-corrected chi connectivity index (χ1v) is 12.0. The predicted octanol–water partition coefficient (Wildman–Crippen LogP) is 4.09. The Morgan fingerprint density at radius 2 is 1.65 bits per heavy atom. The molecule has 0 unspecified atom stereocenters. The number of carbonyl (C=O) groups excluding carboxylic acids is 2. The molecule has 178 valence electrons. The van der Waals surface area contributed by atoms with Crippen LogP contribution >= 0.6 is 0 Å². The number of para-hydroxylation sites is 3. The fraction of sp³-hybridized carbons (Fsp3) is 0.200. The summed E-state index contributed by atoms with van der Waals surface area (Å²) < 4.78 is 38.2. The Kier molecular flexibility index (Phi) is 7.91. The molecule has 0 spiro atoms. The summed E-state index contributed by atoms with van der Waals surface area (Å²) in [6, 6.07) is 21.1. The molecule has 34 heavy (non-hydrogen) atoms. The van der Waals surface area contributed by atoms with E-state index in [4.69, 9.17) is 9.47 Å². The smallest absolute Gasteiger partial charge is 0.338 e.